The van der Waals surface area contributed by atoms with Crippen LogP contribution in [0.2, 0.25) is 0 Å². The Balaban J connectivity index is 0.000000165. The monoisotopic (exact) mass is 791 g/mol. The minimum absolute atomic E-state index is 0.0721. The number of carbonyl (C=O) groups excluding carboxylic acids is 4. The van der Waals surface area contributed by atoms with Crippen molar-refractivity contribution < 1.29 is 19.2 Å². The summed E-state index contributed by atoms with van der Waals surface area (Å²) in [7, 11) is 1.80. The summed E-state index contributed by atoms with van der Waals surface area (Å²) in [6.07, 6.45) is 7.99. The van der Waals surface area contributed by atoms with Gasteiger partial charge in [-0.1, -0.05) is 0 Å². The lowest BCUT2D eigenvalue weighted by atomic mass is 10.2. The fourth-order valence-corrected chi connectivity index (χ4v) is 5.02. The highest BCUT2D eigenvalue weighted by atomic mass is 127. The van der Waals surface area contributed by atoms with Crippen molar-refractivity contribution in [1.82, 2.24) is 25.4 Å². The van der Waals surface area contributed by atoms with E-state index in [1.165, 1.54) is 33.5 Å². The summed E-state index contributed by atoms with van der Waals surface area (Å²) in [5.74, 6) is -1.04. The predicted octanol–water partition coefficient (Wildman–Crippen LogP) is 3.70. The molecule has 2 saturated heterocycles. The number of halogens is 2. The van der Waals surface area contributed by atoms with Crippen molar-refractivity contribution >= 4 is 104 Å². The first-order valence-electron chi connectivity index (χ1n) is 11.8. The molecule has 0 unspecified atom stereocenters. The van der Waals surface area contributed by atoms with Crippen LogP contribution >= 0.6 is 56.5 Å². The molecule has 14 heteroatoms. The molecule has 0 saturated carbocycles. The van der Waals surface area contributed by atoms with E-state index in [1.54, 1.807) is 59.9 Å². The minimum Gasteiger partial charge on any atom is -0.335 e. The highest BCUT2D eigenvalue weighted by Gasteiger charge is 2.35. The SMILES string of the molecule is Cn1ccnc1C=C1C(=O)NN(c2ccc(I)cc2)C1=O.O=C1NN(c2ccc(I)cc2)C(=O)C1=Cc1nccs1. The van der Waals surface area contributed by atoms with Crippen LogP contribution in [0.4, 0.5) is 11.4 Å². The maximum Gasteiger partial charge on any atom is 0.282 e. The summed E-state index contributed by atoms with van der Waals surface area (Å²) in [5.41, 5.74) is 6.53. The van der Waals surface area contributed by atoms with Gasteiger partial charge < -0.3 is 4.57 Å². The summed E-state index contributed by atoms with van der Waals surface area (Å²) < 4.78 is 3.85. The van der Waals surface area contributed by atoms with Gasteiger partial charge in [0.25, 0.3) is 23.6 Å². The average Bonchev–Trinajstić information content (AvgIpc) is 3.74. The average molecular weight is 791 g/mol. The van der Waals surface area contributed by atoms with Crippen molar-refractivity contribution in [3.05, 3.63) is 102 Å². The predicted molar refractivity (Wildman–Crippen MR) is 171 cm³/mol. The van der Waals surface area contributed by atoms with Crippen molar-refractivity contribution in [1.29, 1.82) is 0 Å². The van der Waals surface area contributed by atoms with Crippen molar-refractivity contribution in [2.24, 2.45) is 7.05 Å². The second-order valence-electron chi connectivity index (χ2n) is 8.50. The number of rotatable bonds is 4. The first-order valence-corrected chi connectivity index (χ1v) is 14.9. The van der Waals surface area contributed by atoms with Gasteiger partial charge in [-0.2, -0.15) is 0 Å². The van der Waals surface area contributed by atoms with Gasteiger partial charge in [0.2, 0.25) is 0 Å². The summed E-state index contributed by atoms with van der Waals surface area (Å²) in [6.45, 7) is 0. The maximum absolute atomic E-state index is 12.4. The van der Waals surface area contributed by atoms with Gasteiger partial charge in [0.15, 0.2) is 0 Å². The number of carbonyl (C=O) groups is 4. The number of benzene rings is 2. The van der Waals surface area contributed by atoms with Crippen LogP contribution in [0.25, 0.3) is 12.2 Å². The van der Waals surface area contributed by atoms with Gasteiger partial charge in [-0.05, 0) is 106 Å². The van der Waals surface area contributed by atoms with Crippen LogP contribution in [-0.4, -0.2) is 38.2 Å². The van der Waals surface area contributed by atoms with E-state index in [0.717, 1.165) is 7.14 Å². The minimum atomic E-state index is -0.429. The molecule has 0 atom stereocenters. The third kappa shape index (κ3) is 6.38. The van der Waals surface area contributed by atoms with E-state index < -0.39 is 11.8 Å². The van der Waals surface area contributed by atoms with Crippen LogP contribution in [0.3, 0.4) is 0 Å². The van der Waals surface area contributed by atoms with Gasteiger partial charge >= 0.3 is 0 Å². The van der Waals surface area contributed by atoms with E-state index in [2.05, 4.69) is 66.0 Å². The number of thiazole rings is 1. The number of hydrazine groups is 2. The van der Waals surface area contributed by atoms with Crippen LogP contribution in [0.5, 0.6) is 0 Å². The Hall–Kier alpha value is -3.90. The number of amides is 4. The molecule has 2 aromatic heterocycles. The van der Waals surface area contributed by atoms with Crippen LogP contribution in [0.15, 0.2) is 83.6 Å². The first-order chi connectivity index (χ1) is 19.7. The van der Waals surface area contributed by atoms with E-state index in [-0.39, 0.29) is 23.0 Å². The van der Waals surface area contributed by atoms with Crippen LogP contribution in [-0.2, 0) is 26.2 Å². The zero-order chi connectivity index (χ0) is 29.1. The molecule has 0 aliphatic carbocycles. The van der Waals surface area contributed by atoms with Crippen molar-refractivity contribution in [3.8, 4) is 0 Å². The van der Waals surface area contributed by atoms with Gasteiger partial charge in [0.1, 0.15) is 22.0 Å². The number of hydrogen-bond acceptors (Lipinski definition) is 7. The standard InChI is InChI=1S/C14H11IN4O2.C13H8IN3O2S/c1-18-7-6-16-12(18)8-11-13(20)17-19(14(11)21)10-4-2-9(15)3-5-10;14-8-1-3-9(4-2-8)17-13(19)10(12(18)16-17)7-11-15-5-6-20-11/h2-8H,1H3,(H,17,20);1-7H,(H,16,18). The van der Waals surface area contributed by atoms with Gasteiger partial charge in [-0.15, -0.1) is 11.3 Å². The number of aryl methyl sites for hydroxylation is 1. The molecule has 0 bridgehead atoms. The summed E-state index contributed by atoms with van der Waals surface area (Å²) in [5, 5.41) is 4.92. The van der Waals surface area contributed by atoms with E-state index in [4.69, 9.17) is 0 Å². The van der Waals surface area contributed by atoms with Crippen LogP contribution in [0.1, 0.15) is 10.8 Å². The van der Waals surface area contributed by atoms with Crippen molar-refractivity contribution in [3.63, 3.8) is 0 Å². The van der Waals surface area contributed by atoms with Gasteiger partial charge in [-0.25, -0.2) is 20.0 Å². The maximum atomic E-state index is 12.4. The highest BCUT2D eigenvalue weighted by molar-refractivity contribution is 14.1. The van der Waals surface area contributed by atoms with Crippen molar-refractivity contribution in [2.45, 2.75) is 0 Å². The van der Waals surface area contributed by atoms with Crippen LogP contribution in [0, 0.1) is 7.14 Å². The number of aromatic nitrogens is 3. The summed E-state index contributed by atoms with van der Waals surface area (Å²) in [6, 6.07) is 14.6. The first kappa shape index (κ1) is 28.6. The molecule has 41 heavy (non-hydrogen) atoms. The number of hydrogen-bond donors (Lipinski definition) is 2. The smallest absolute Gasteiger partial charge is 0.282 e. The number of nitrogens with one attached hydrogen (secondary N) is 2. The Kier molecular flexibility index (Phi) is 8.60. The Morgan fingerprint density at radius 3 is 1.68 bits per heavy atom. The van der Waals surface area contributed by atoms with E-state index in [9.17, 15) is 19.2 Å². The lowest BCUT2D eigenvalue weighted by Gasteiger charge is -2.14. The van der Waals surface area contributed by atoms with E-state index >= 15 is 0 Å². The molecule has 2 fully saturated rings. The molecule has 4 aromatic rings. The quantitative estimate of drug-likeness (QED) is 0.185. The highest BCUT2D eigenvalue weighted by Crippen LogP contribution is 2.23. The Morgan fingerprint density at radius 2 is 1.24 bits per heavy atom. The van der Waals surface area contributed by atoms with Gasteiger partial charge in [-0.3, -0.25) is 30.0 Å². The molecule has 0 spiro atoms. The molecule has 2 N–H and O–H groups in total. The molecule has 11 nitrogen and oxygen atoms in total. The Bertz CT molecular complexity index is 1700. The summed E-state index contributed by atoms with van der Waals surface area (Å²) >= 11 is 5.73. The fraction of sp³-hybridized carbons (Fsp3) is 0.0370. The lowest BCUT2D eigenvalue weighted by molar-refractivity contribution is -0.118. The third-order valence-corrected chi connectivity index (χ3v) is 7.96. The molecule has 4 heterocycles. The Morgan fingerprint density at radius 1 is 0.732 bits per heavy atom. The van der Waals surface area contributed by atoms with E-state index in [0.29, 0.717) is 22.2 Å². The lowest BCUT2D eigenvalue weighted by Crippen LogP contribution is -2.35. The number of imidazole rings is 1. The van der Waals surface area contributed by atoms with E-state index in [1.807, 2.05) is 24.3 Å². The fourth-order valence-electron chi connectivity index (χ4n) is 3.73. The zero-order valence-electron chi connectivity index (χ0n) is 21.1. The van der Waals surface area contributed by atoms with Gasteiger partial charge in [0, 0.05) is 38.2 Å². The molecule has 6 rings (SSSR count). The number of nitrogens with zero attached hydrogens (tertiary/aromatic N) is 5. The summed E-state index contributed by atoms with van der Waals surface area (Å²) in [4.78, 5) is 56.7. The molecule has 4 amide bonds. The molecular weight excluding hydrogens is 772 g/mol. The Labute approximate surface area is 265 Å². The molecule has 2 aliphatic rings. The topological polar surface area (TPSA) is 130 Å². The second-order valence-corrected chi connectivity index (χ2v) is 11.9. The van der Waals surface area contributed by atoms with Gasteiger partial charge in [0.05, 0.1) is 11.4 Å². The second kappa shape index (κ2) is 12.3. The molecule has 2 aromatic carbocycles. The molecule has 2 aliphatic heterocycles. The molecule has 0 radical (unpaired) electrons. The molecular formula is C27H19I2N7O4S. The number of anilines is 2. The normalized spacial score (nSPS) is 16.8. The third-order valence-electron chi connectivity index (χ3n) is 5.80. The van der Waals surface area contributed by atoms with Crippen LogP contribution < -0.4 is 20.9 Å². The molecule has 206 valence electrons. The zero-order valence-corrected chi connectivity index (χ0v) is 26.2. The van der Waals surface area contributed by atoms with Crippen molar-refractivity contribution in [2.75, 3.05) is 10.0 Å². The largest absolute Gasteiger partial charge is 0.335 e.